The van der Waals surface area contributed by atoms with Gasteiger partial charge in [-0.25, -0.2) is 4.90 Å². The van der Waals surface area contributed by atoms with Gasteiger partial charge in [0.15, 0.2) is 0 Å². The molecule has 3 rings (SSSR count). The molecule has 1 aliphatic heterocycles. The number of amides is 2. The molecule has 0 bridgehead atoms. The van der Waals surface area contributed by atoms with Crippen LogP contribution in [0.5, 0.6) is 0 Å². The molecule has 1 fully saturated rings. The molecule has 2 amide bonds. The van der Waals surface area contributed by atoms with Crippen molar-refractivity contribution < 1.29 is 9.59 Å². The summed E-state index contributed by atoms with van der Waals surface area (Å²) in [6.45, 7) is 0. The van der Waals surface area contributed by atoms with Crippen LogP contribution in [0.4, 0.5) is 11.4 Å². The van der Waals surface area contributed by atoms with Gasteiger partial charge in [-0.05, 0) is 36.4 Å². The maximum absolute atomic E-state index is 12.4. The number of benzene rings is 2. The van der Waals surface area contributed by atoms with E-state index in [0.717, 1.165) is 10.2 Å². The molecule has 1 aliphatic rings. The molecular formula is C16H13BrN2O2. The lowest BCUT2D eigenvalue weighted by Gasteiger charge is -2.16. The van der Waals surface area contributed by atoms with Gasteiger partial charge in [-0.1, -0.05) is 34.1 Å². The van der Waals surface area contributed by atoms with Crippen LogP contribution in [0.2, 0.25) is 0 Å². The van der Waals surface area contributed by atoms with E-state index in [1.54, 1.807) is 12.1 Å². The van der Waals surface area contributed by atoms with E-state index >= 15 is 0 Å². The Morgan fingerprint density at radius 1 is 1.00 bits per heavy atom. The van der Waals surface area contributed by atoms with Crippen LogP contribution in [0.25, 0.3) is 0 Å². The van der Waals surface area contributed by atoms with Gasteiger partial charge in [0.05, 0.1) is 12.1 Å². The number of imide groups is 1. The third-order valence-electron chi connectivity index (χ3n) is 3.35. The fourth-order valence-corrected chi connectivity index (χ4v) is 2.61. The minimum Gasteiger partial charge on any atom is -0.373 e. The van der Waals surface area contributed by atoms with E-state index in [1.807, 2.05) is 42.5 Å². The Balaban J connectivity index is 1.80. The highest BCUT2D eigenvalue weighted by Gasteiger charge is 2.39. The third-order valence-corrected chi connectivity index (χ3v) is 3.87. The molecule has 4 nitrogen and oxygen atoms in total. The molecule has 1 atom stereocenters. The molecule has 1 heterocycles. The van der Waals surface area contributed by atoms with Crippen molar-refractivity contribution in [3.05, 3.63) is 59.1 Å². The number of carbonyl (C=O) groups excluding carboxylic acids is 2. The zero-order valence-electron chi connectivity index (χ0n) is 11.1. The first-order valence-corrected chi connectivity index (χ1v) is 7.38. The molecule has 0 saturated carbocycles. The van der Waals surface area contributed by atoms with Crippen molar-refractivity contribution in [3.63, 3.8) is 0 Å². The molecule has 2 aromatic carbocycles. The maximum Gasteiger partial charge on any atom is 0.256 e. The zero-order chi connectivity index (χ0) is 14.8. The fraction of sp³-hybridized carbons (Fsp3) is 0.125. The standard InChI is InChI=1S/C16H13BrN2O2/c17-11-6-8-13(9-7-11)19-15(20)10-14(16(19)21)18-12-4-2-1-3-5-12/h1-9,14,18H,10H2/t14-/m1/s1. The smallest absolute Gasteiger partial charge is 0.256 e. The third kappa shape index (κ3) is 2.83. The van der Waals surface area contributed by atoms with Gasteiger partial charge < -0.3 is 5.32 Å². The summed E-state index contributed by atoms with van der Waals surface area (Å²) in [5.41, 5.74) is 1.44. The average Bonchev–Trinajstić information content (AvgIpc) is 2.76. The second-order valence-electron chi connectivity index (χ2n) is 4.81. The SMILES string of the molecule is O=C1C[C@@H](Nc2ccccc2)C(=O)N1c1ccc(Br)cc1. The highest BCUT2D eigenvalue weighted by molar-refractivity contribution is 9.10. The van der Waals surface area contributed by atoms with Crippen molar-refractivity contribution in [1.82, 2.24) is 0 Å². The van der Waals surface area contributed by atoms with Crippen LogP contribution in [0.3, 0.4) is 0 Å². The second kappa shape index (κ2) is 5.69. The summed E-state index contributed by atoms with van der Waals surface area (Å²) >= 11 is 3.34. The predicted molar refractivity (Wildman–Crippen MR) is 85.1 cm³/mol. The molecular weight excluding hydrogens is 332 g/mol. The van der Waals surface area contributed by atoms with Gasteiger partial charge >= 0.3 is 0 Å². The maximum atomic E-state index is 12.4. The van der Waals surface area contributed by atoms with Crippen molar-refractivity contribution in [2.45, 2.75) is 12.5 Å². The number of nitrogens with zero attached hydrogens (tertiary/aromatic N) is 1. The number of anilines is 2. The van der Waals surface area contributed by atoms with Crippen molar-refractivity contribution in [2.24, 2.45) is 0 Å². The van der Waals surface area contributed by atoms with Crippen LogP contribution in [0.1, 0.15) is 6.42 Å². The van der Waals surface area contributed by atoms with Crippen LogP contribution in [-0.2, 0) is 9.59 Å². The molecule has 0 radical (unpaired) electrons. The summed E-state index contributed by atoms with van der Waals surface area (Å²) in [6, 6.07) is 16.0. The molecule has 21 heavy (non-hydrogen) atoms. The number of rotatable bonds is 3. The van der Waals surface area contributed by atoms with E-state index in [4.69, 9.17) is 0 Å². The minimum atomic E-state index is -0.511. The number of carbonyl (C=O) groups is 2. The summed E-state index contributed by atoms with van der Waals surface area (Å²) < 4.78 is 0.907. The number of halogens is 1. The molecule has 106 valence electrons. The lowest BCUT2D eigenvalue weighted by molar-refractivity contribution is -0.121. The molecule has 0 aliphatic carbocycles. The van der Waals surface area contributed by atoms with E-state index < -0.39 is 6.04 Å². The molecule has 0 unspecified atom stereocenters. The summed E-state index contributed by atoms with van der Waals surface area (Å²) in [6.07, 6.45) is 0.170. The van der Waals surface area contributed by atoms with Crippen LogP contribution in [0.15, 0.2) is 59.1 Å². The minimum absolute atomic E-state index is 0.170. The second-order valence-corrected chi connectivity index (χ2v) is 5.73. The molecule has 0 spiro atoms. The van der Waals surface area contributed by atoms with Gasteiger partial charge in [-0.3, -0.25) is 9.59 Å². The highest BCUT2D eigenvalue weighted by atomic mass is 79.9. The zero-order valence-corrected chi connectivity index (χ0v) is 12.7. The van der Waals surface area contributed by atoms with E-state index in [9.17, 15) is 9.59 Å². The van der Waals surface area contributed by atoms with Gasteiger partial charge in [0.2, 0.25) is 5.91 Å². The topological polar surface area (TPSA) is 49.4 Å². The molecule has 1 N–H and O–H groups in total. The lowest BCUT2D eigenvalue weighted by Crippen LogP contribution is -2.34. The molecule has 5 heteroatoms. The quantitative estimate of drug-likeness (QED) is 0.870. The van der Waals surface area contributed by atoms with Crippen LogP contribution in [-0.4, -0.2) is 17.9 Å². The predicted octanol–water partition coefficient (Wildman–Crippen LogP) is 3.19. The largest absolute Gasteiger partial charge is 0.373 e. The van der Waals surface area contributed by atoms with Crippen molar-refractivity contribution >= 4 is 39.1 Å². The molecule has 0 aromatic heterocycles. The molecule has 1 saturated heterocycles. The molecule has 2 aromatic rings. The fourth-order valence-electron chi connectivity index (χ4n) is 2.34. The number of hydrogen-bond acceptors (Lipinski definition) is 3. The first-order chi connectivity index (χ1) is 10.1. The Bertz CT molecular complexity index is 670. The van der Waals surface area contributed by atoms with Crippen LogP contribution in [0, 0.1) is 0 Å². The Morgan fingerprint density at radius 3 is 2.33 bits per heavy atom. The van der Waals surface area contributed by atoms with E-state index in [2.05, 4.69) is 21.2 Å². The van der Waals surface area contributed by atoms with Crippen molar-refractivity contribution in [3.8, 4) is 0 Å². The average molecular weight is 345 g/mol. The Morgan fingerprint density at radius 2 is 1.67 bits per heavy atom. The summed E-state index contributed by atoms with van der Waals surface area (Å²) in [4.78, 5) is 25.8. The highest BCUT2D eigenvalue weighted by Crippen LogP contribution is 2.26. The van der Waals surface area contributed by atoms with E-state index in [-0.39, 0.29) is 18.2 Å². The van der Waals surface area contributed by atoms with Crippen molar-refractivity contribution in [1.29, 1.82) is 0 Å². The monoisotopic (exact) mass is 344 g/mol. The van der Waals surface area contributed by atoms with Crippen molar-refractivity contribution in [2.75, 3.05) is 10.2 Å². The summed E-state index contributed by atoms with van der Waals surface area (Å²) in [7, 11) is 0. The van der Waals surface area contributed by atoms with Gasteiger partial charge in [0.25, 0.3) is 5.91 Å². The number of hydrogen-bond donors (Lipinski definition) is 1. The van der Waals surface area contributed by atoms with Gasteiger partial charge in [0, 0.05) is 10.2 Å². The first-order valence-electron chi connectivity index (χ1n) is 6.59. The van der Waals surface area contributed by atoms with Crippen LogP contribution < -0.4 is 10.2 Å². The Labute approximate surface area is 130 Å². The van der Waals surface area contributed by atoms with Gasteiger partial charge in [-0.2, -0.15) is 0 Å². The Kier molecular flexibility index (Phi) is 3.75. The lowest BCUT2D eigenvalue weighted by atomic mass is 10.2. The van der Waals surface area contributed by atoms with E-state index in [0.29, 0.717) is 5.69 Å². The Hall–Kier alpha value is -2.14. The number of para-hydroxylation sites is 1. The summed E-state index contributed by atoms with van der Waals surface area (Å²) in [5.74, 6) is -0.401. The normalized spacial score (nSPS) is 18.1. The first kappa shape index (κ1) is 13.8. The van der Waals surface area contributed by atoms with Gasteiger partial charge in [0.1, 0.15) is 6.04 Å². The summed E-state index contributed by atoms with van der Waals surface area (Å²) in [5, 5.41) is 3.11. The number of nitrogens with one attached hydrogen (secondary N) is 1. The van der Waals surface area contributed by atoms with E-state index in [1.165, 1.54) is 4.90 Å². The van der Waals surface area contributed by atoms with Gasteiger partial charge in [-0.15, -0.1) is 0 Å². The van der Waals surface area contributed by atoms with Crippen LogP contribution >= 0.6 is 15.9 Å².